The average Bonchev–Trinajstić information content (AvgIpc) is 3.04. The summed E-state index contributed by atoms with van der Waals surface area (Å²) in [6.07, 6.45) is 1.05. The van der Waals surface area contributed by atoms with Gasteiger partial charge >= 0.3 is 0 Å². The summed E-state index contributed by atoms with van der Waals surface area (Å²) in [5.74, 6) is -0.0892. The smallest absolute Gasteiger partial charge is 0.272 e. The number of aliphatic hydroxyl groups excluding tert-OH is 1. The molecule has 3 aromatic heterocycles. The largest absolute Gasteiger partial charge is 0.471 e. The lowest BCUT2D eigenvalue weighted by molar-refractivity contribution is -0.123. The lowest BCUT2D eigenvalue weighted by atomic mass is 10.2. The van der Waals surface area contributed by atoms with Gasteiger partial charge in [-0.05, 0) is 31.5 Å². The van der Waals surface area contributed by atoms with Crippen molar-refractivity contribution < 1.29 is 23.4 Å². The molecule has 0 saturated carbocycles. The Bertz CT molecular complexity index is 991. The van der Waals surface area contributed by atoms with Crippen LogP contribution in [0.15, 0.2) is 30.7 Å². The second kappa shape index (κ2) is 8.26. The van der Waals surface area contributed by atoms with Crippen LogP contribution in [0.5, 0.6) is 5.88 Å². The second-order valence-electron chi connectivity index (χ2n) is 6.25. The maximum Gasteiger partial charge on any atom is 0.272 e. The number of hydrogen-bond acceptors (Lipinski definition) is 6. The summed E-state index contributed by atoms with van der Waals surface area (Å²) in [6.45, 7) is 2.76. The van der Waals surface area contributed by atoms with E-state index < -0.39 is 25.0 Å². The van der Waals surface area contributed by atoms with E-state index in [9.17, 15) is 18.7 Å². The first-order valence-corrected chi connectivity index (χ1v) is 8.51. The number of halogens is 2. The van der Waals surface area contributed by atoms with Gasteiger partial charge in [-0.3, -0.25) is 9.48 Å². The maximum absolute atomic E-state index is 12.3. The Labute approximate surface area is 159 Å². The predicted molar refractivity (Wildman–Crippen MR) is 97.4 cm³/mol. The molecule has 1 amide bonds. The van der Waals surface area contributed by atoms with Crippen molar-refractivity contribution in [2.24, 2.45) is 0 Å². The summed E-state index contributed by atoms with van der Waals surface area (Å²) in [5, 5.41) is 17.0. The number of nitrogens with zero attached hydrogens (tertiary/aromatic N) is 4. The zero-order chi connectivity index (χ0) is 20.3. The van der Waals surface area contributed by atoms with Crippen molar-refractivity contribution in [2.75, 3.05) is 11.9 Å². The SMILES string of the molecule is Cc1cc(Cn2cc3c(NC(=O)[C@@H](C)O)nccc3n2)cnc1OCC(F)F. The standard InChI is InChI=1S/C18H19F2N5O3/c1-10-5-12(6-22-18(10)28-9-15(19)20)7-25-8-13-14(24-25)3-4-21-16(13)23-17(27)11(2)26/h3-6,8,11,15,26H,7,9H2,1-2H3,(H,21,23,27)/t11-/m1/s1. The molecule has 8 nitrogen and oxygen atoms in total. The Morgan fingerprint density at radius 1 is 1.39 bits per heavy atom. The topological polar surface area (TPSA) is 102 Å². The number of amides is 1. The van der Waals surface area contributed by atoms with E-state index in [1.54, 1.807) is 29.9 Å². The first kappa shape index (κ1) is 19.6. The van der Waals surface area contributed by atoms with E-state index in [0.29, 0.717) is 28.8 Å². The van der Waals surface area contributed by atoms with Gasteiger partial charge in [-0.1, -0.05) is 0 Å². The number of carbonyl (C=O) groups excluding carboxylic acids is 1. The van der Waals surface area contributed by atoms with Crippen LogP contribution in [0.25, 0.3) is 10.9 Å². The van der Waals surface area contributed by atoms with Crippen LogP contribution in [0, 0.1) is 6.92 Å². The van der Waals surface area contributed by atoms with Crippen molar-refractivity contribution in [1.82, 2.24) is 19.7 Å². The molecule has 2 N–H and O–H groups in total. The van der Waals surface area contributed by atoms with Crippen LogP contribution in [0.3, 0.4) is 0 Å². The molecule has 0 radical (unpaired) electrons. The Kier molecular flexibility index (Phi) is 5.78. The third-order valence-corrected chi connectivity index (χ3v) is 3.88. The molecule has 0 aliphatic heterocycles. The molecule has 0 saturated heterocycles. The number of pyridine rings is 2. The third-order valence-electron chi connectivity index (χ3n) is 3.88. The normalized spacial score (nSPS) is 12.4. The number of aromatic nitrogens is 4. The molecule has 3 aromatic rings. The molecule has 148 valence electrons. The summed E-state index contributed by atoms with van der Waals surface area (Å²) in [5.41, 5.74) is 2.07. The van der Waals surface area contributed by atoms with E-state index in [0.717, 1.165) is 5.56 Å². The highest BCUT2D eigenvalue weighted by molar-refractivity contribution is 6.00. The van der Waals surface area contributed by atoms with Crippen molar-refractivity contribution in [1.29, 1.82) is 0 Å². The number of alkyl halides is 2. The highest BCUT2D eigenvalue weighted by Gasteiger charge is 2.14. The highest BCUT2D eigenvalue weighted by Crippen LogP contribution is 2.21. The van der Waals surface area contributed by atoms with Gasteiger partial charge in [0.1, 0.15) is 11.9 Å². The van der Waals surface area contributed by atoms with Gasteiger partial charge in [0.2, 0.25) is 5.88 Å². The van der Waals surface area contributed by atoms with E-state index in [4.69, 9.17) is 4.74 Å². The number of hydrogen-bond donors (Lipinski definition) is 2. The Morgan fingerprint density at radius 3 is 2.86 bits per heavy atom. The van der Waals surface area contributed by atoms with Gasteiger partial charge < -0.3 is 15.2 Å². The van der Waals surface area contributed by atoms with Crippen LogP contribution in [0.4, 0.5) is 14.6 Å². The number of ether oxygens (including phenoxy) is 1. The predicted octanol–water partition coefficient (Wildman–Crippen LogP) is 2.15. The van der Waals surface area contributed by atoms with Crippen LogP contribution in [-0.2, 0) is 11.3 Å². The highest BCUT2D eigenvalue weighted by atomic mass is 19.3. The Balaban J connectivity index is 1.79. The molecule has 0 aliphatic rings. The lowest BCUT2D eigenvalue weighted by Crippen LogP contribution is -2.24. The monoisotopic (exact) mass is 391 g/mol. The third kappa shape index (κ3) is 4.58. The van der Waals surface area contributed by atoms with Crippen molar-refractivity contribution in [3.63, 3.8) is 0 Å². The van der Waals surface area contributed by atoms with Crippen LogP contribution in [-0.4, -0.2) is 49.9 Å². The molecule has 0 aliphatic carbocycles. The van der Waals surface area contributed by atoms with Crippen LogP contribution < -0.4 is 10.1 Å². The molecule has 3 rings (SSSR count). The molecule has 0 spiro atoms. The van der Waals surface area contributed by atoms with E-state index in [2.05, 4.69) is 20.4 Å². The molecule has 0 aromatic carbocycles. The van der Waals surface area contributed by atoms with Gasteiger partial charge in [-0.15, -0.1) is 0 Å². The Hall–Kier alpha value is -3.14. The first-order valence-electron chi connectivity index (χ1n) is 8.51. The molecule has 0 bridgehead atoms. The molecule has 0 unspecified atom stereocenters. The molecule has 10 heteroatoms. The number of fused-ring (bicyclic) bond motifs is 1. The minimum Gasteiger partial charge on any atom is -0.471 e. The summed E-state index contributed by atoms with van der Waals surface area (Å²) >= 11 is 0. The van der Waals surface area contributed by atoms with Crippen LogP contribution in [0.1, 0.15) is 18.1 Å². The fourth-order valence-corrected chi connectivity index (χ4v) is 2.58. The number of aliphatic hydroxyl groups is 1. The Morgan fingerprint density at radius 2 is 2.18 bits per heavy atom. The van der Waals surface area contributed by atoms with Gasteiger partial charge in [0, 0.05) is 24.2 Å². The average molecular weight is 391 g/mol. The van der Waals surface area contributed by atoms with Gasteiger partial charge in [0.05, 0.1) is 17.4 Å². The van der Waals surface area contributed by atoms with E-state index >= 15 is 0 Å². The van der Waals surface area contributed by atoms with Gasteiger partial charge in [-0.25, -0.2) is 18.7 Å². The summed E-state index contributed by atoms with van der Waals surface area (Å²) in [4.78, 5) is 19.9. The number of aryl methyl sites for hydroxylation is 1. The number of nitrogens with one attached hydrogen (secondary N) is 1. The van der Waals surface area contributed by atoms with Crippen molar-refractivity contribution in [2.45, 2.75) is 32.9 Å². The second-order valence-corrected chi connectivity index (χ2v) is 6.25. The lowest BCUT2D eigenvalue weighted by Gasteiger charge is -2.09. The van der Waals surface area contributed by atoms with Crippen molar-refractivity contribution >= 4 is 22.6 Å². The quantitative estimate of drug-likeness (QED) is 0.640. The van der Waals surface area contributed by atoms with E-state index in [1.807, 2.05) is 0 Å². The molecule has 3 heterocycles. The molecular formula is C18H19F2N5O3. The van der Waals surface area contributed by atoms with Crippen LogP contribution >= 0.6 is 0 Å². The molecule has 1 atom stereocenters. The first-order chi connectivity index (χ1) is 13.3. The van der Waals surface area contributed by atoms with Crippen LogP contribution in [0.2, 0.25) is 0 Å². The fourth-order valence-electron chi connectivity index (χ4n) is 2.58. The molecule has 28 heavy (non-hydrogen) atoms. The van der Waals surface area contributed by atoms with Gasteiger partial charge in [0.15, 0.2) is 6.61 Å². The summed E-state index contributed by atoms with van der Waals surface area (Å²) in [6, 6.07) is 3.49. The fraction of sp³-hybridized carbons (Fsp3) is 0.333. The van der Waals surface area contributed by atoms with Gasteiger partial charge in [-0.2, -0.15) is 5.10 Å². The summed E-state index contributed by atoms with van der Waals surface area (Å²) in [7, 11) is 0. The number of carbonyl (C=O) groups is 1. The minimum absolute atomic E-state index is 0.169. The van der Waals surface area contributed by atoms with E-state index in [1.165, 1.54) is 19.3 Å². The number of rotatable bonds is 7. The van der Waals surface area contributed by atoms with E-state index in [-0.39, 0.29) is 5.88 Å². The zero-order valence-electron chi connectivity index (χ0n) is 15.3. The van der Waals surface area contributed by atoms with Crippen molar-refractivity contribution in [3.05, 3.63) is 41.9 Å². The molecular weight excluding hydrogens is 372 g/mol. The molecule has 0 fully saturated rings. The maximum atomic E-state index is 12.3. The summed E-state index contributed by atoms with van der Waals surface area (Å²) < 4.78 is 31.2. The van der Waals surface area contributed by atoms with Crippen molar-refractivity contribution in [3.8, 4) is 5.88 Å². The number of anilines is 1. The minimum atomic E-state index is -2.56. The zero-order valence-corrected chi connectivity index (χ0v) is 15.3. The van der Waals surface area contributed by atoms with Gasteiger partial charge in [0.25, 0.3) is 12.3 Å².